The van der Waals surface area contributed by atoms with Crippen molar-refractivity contribution in [2.75, 3.05) is 11.8 Å². The lowest BCUT2D eigenvalue weighted by molar-refractivity contribution is 0.0696. The minimum absolute atomic E-state index is 0.0506. The predicted molar refractivity (Wildman–Crippen MR) is 74.0 cm³/mol. The molecule has 8 nitrogen and oxygen atoms in total. The SMILES string of the molecule is COc1ccc(C(=O)O)cc1S(=O)(=O)Nc1ccnn1C. The molecule has 0 aliphatic carbocycles. The number of aryl methyl sites for hydroxylation is 1. The maximum Gasteiger partial charge on any atom is 0.335 e. The van der Waals surface area contributed by atoms with Crippen LogP contribution >= 0.6 is 0 Å². The summed E-state index contributed by atoms with van der Waals surface area (Å²) in [4.78, 5) is 10.7. The first-order valence-electron chi connectivity index (χ1n) is 5.77. The van der Waals surface area contributed by atoms with E-state index in [0.29, 0.717) is 0 Å². The van der Waals surface area contributed by atoms with Crippen molar-refractivity contribution in [1.29, 1.82) is 0 Å². The third-order valence-corrected chi connectivity index (χ3v) is 4.14. The first-order valence-corrected chi connectivity index (χ1v) is 7.25. The molecule has 0 amide bonds. The molecule has 112 valence electrons. The van der Waals surface area contributed by atoms with Crippen molar-refractivity contribution in [2.45, 2.75) is 4.90 Å². The molecule has 0 radical (unpaired) electrons. The van der Waals surface area contributed by atoms with Crippen LogP contribution in [-0.4, -0.2) is 36.4 Å². The van der Waals surface area contributed by atoms with Gasteiger partial charge in [0.05, 0.1) is 18.9 Å². The largest absolute Gasteiger partial charge is 0.495 e. The fourth-order valence-corrected chi connectivity index (χ4v) is 2.97. The second kappa shape index (κ2) is 5.44. The molecule has 0 saturated heterocycles. The summed E-state index contributed by atoms with van der Waals surface area (Å²) in [6.45, 7) is 0. The van der Waals surface area contributed by atoms with Crippen LogP contribution in [0.15, 0.2) is 35.4 Å². The molecule has 0 spiro atoms. The predicted octanol–water partition coefficient (Wildman–Crippen LogP) is 0.928. The van der Waals surface area contributed by atoms with Crippen LogP contribution in [0.5, 0.6) is 5.75 Å². The number of carboxylic acid groups (broad SMARTS) is 1. The van der Waals surface area contributed by atoms with Gasteiger partial charge in [0, 0.05) is 13.1 Å². The second-order valence-corrected chi connectivity index (χ2v) is 5.77. The van der Waals surface area contributed by atoms with Crippen LogP contribution in [0.25, 0.3) is 0 Å². The van der Waals surface area contributed by atoms with Crippen molar-refractivity contribution < 1.29 is 23.1 Å². The van der Waals surface area contributed by atoms with Crippen molar-refractivity contribution in [2.24, 2.45) is 7.05 Å². The fraction of sp³-hybridized carbons (Fsp3) is 0.167. The molecular formula is C12H13N3O5S. The number of nitrogens with one attached hydrogen (secondary N) is 1. The first kappa shape index (κ1) is 14.9. The van der Waals surface area contributed by atoms with E-state index >= 15 is 0 Å². The Morgan fingerprint density at radius 1 is 1.38 bits per heavy atom. The Hall–Kier alpha value is -2.55. The quantitative estimate of drug-likeness (QED) is 0.849. The Balaban J connectivity index is 2.50. The summed E-state index contributed by atoms with van der Waals surface area (Å²) in [6, 6.07) is 5.08. The average molecular weight is 311 g/mol. The van der Waals surface area contributed by atoms with Crippen molar-refractivity contribution in [3.8, 4) is 5.75 Å². The van der Waals surface area contributed by atoms with E-state index in [-0.39, 0.29) is 22.0 Å². The number of methoxy groups -OCH3 is 1. The van der Waals surface area contributed by atoms with Crippen LogP contribution in [0.1, 0.15) is 10.4 Å². The number of aromatic carboxylic acids is 1. The Labute approximate surface area is 121 Å². The Morgan fingerprint density at radius 2 is 2.10 bits per heavy atom. The molecule has 2 N–H and O–H groups in total. The molecule has 9 heteroatoms. The minimum atomic E-state index is -4.00. The van der Waals surface area contributed by atoms with E-state index in [1.807, 2.05) is 0 Å². The average Bonchev–Trinajstić information content (AvgIpc) is 2.82. The van der Waals surface area contributed by atoms with Crippen LogP contribution in [0.4, 0.5) is 5.82 Å². The number of hydrogen-bond donors (Lipinski definition) is 2. The lowest BCUT2D eigenvalue weighted by Crippen LogP contribution is -2.17. The van der Waals surface area contributed by atoms with E-state index in [2.05, 4.69) is 9.82 Å². The summed E-state index contributed by atoms with van der Waals surface area (Å²) < 4.78 is 33.4. The zero-order valence-corrected chi connectivity index (χ0v) is 12.1. The number of carboxylic acids is 1. The lowest BCUT2D eigenvalue weighted by atomic mass is 10.2. The molecule has 0 aliphatic rings. The second-order valence-electron chi connectivity index (χ2n) is 4.12. The molecule has 0 unspecified atom stereocenters. The highest BCUT2D eigenvalue weighted by Gasteiger charge is 2.22. The number of sulfonamides is 1. The van der Waals surface area contributed by atoms with Gasteiger partial charge in [-0.3, -0.25) is 9.40 Å². The maximum atomic E-state index is 12.4. The molecule has 0 fully saturated rings. The topological polar surface area (TPSA) is 111 Å². The fourth-order valence-electron chi connectivity index (χ4n) is 1.69. The molecule has 2 aromatic rings. The van der Waals surface area contributed by atoms with E-state index in [1.54, 1.807) is 7.05 Å². The number of hydrogen-bond acceptors (Lipinski definition) is 5. The van der Waals surface area contributed by atoms with Gasteiger partial charge in [-0.2, -0.15) is 5.10 Å². The van der Waals surface area contributed by atoms with Crippen molar-refractivity contribution in [3.05, 3.63) is 36.0 Å². The summed E-state index contributed by atoms with van der Waals surface area (Å²) in [5.74, 6) is -0.929. The van der Waals surface area contributed by atoms with Crippen LogP contribution in [0.3, 0.4) is 0 Å². The number of anilines is 1. The van der Waals surface area contributed by atoms with Gasteiger partial charge in [0.25, 0.3) is 10.0 Å². The Bertz CT molecular complexity index is 782. The molecule has 1 aromatic carbocycles. The molecule has 1 heterocycles. The molecule has 0 bridgehead atoms. The summed E-state index contributed by atoms with van der Waals surface area (Å²) in [5, 5.41) is 12.8. The molecule has 0 aliphatic heterocycles. The number of nitrogens with zero attached hydrogens (tertiary/aromatic N) is 2. The molecule has 0 atom stereocenters. The number of benzene rings is 1. The molecule has 2 rings (SSSR count). The van der Waals surface area contributed by atoms with Gasteiger partial charge in [-0.25, -0.2) is 13.2 Å². The van der Waals surface area contributed by atoms with Gasteiger partial charge in [-0.15, -0.1) is 0 Å². The van der Waals surface area contributed by atoms with E-state index in [9.17, 15) is 13.2 Å². The van der Waals surface area contributed by atoms with Crippen LogP contribution in [0, 0.1) is 0 Å². The molecular weight excluding hydrogens is 298 g/mol. The van der Waals surface area contributed by atoms with Crippen LogP contribution in [-0.2, 0) is 17.1 Å². The molecule has 21 heavy (non-hydrogen) atoms. The highest BCUT2D eigenvalue weighted by Crippen LogP contribution is 2.26. The smallest absolute Gasteiger partial charge is 0.335 e. The molecule has 0 saturated carbocycles. The summed E-state index contributed by atoms with van der Waals surface area (Å²) in [7, 11) is -1.13. The third-order valence-electron chi connectivity index (χ3n) is 2.76. The van der Waals surface area contributed by atoms with Gasteiger partial charge < -0.3 is 9.84 Å². The third kappa shape index (κ3) is 2.97. The number of carbonyl (C=O) groups is 1. The van der Waals surface area contributed by atoms with Crippen molar-refractivity contribution in [3.63, 3.8) is 0 Å². The number of aromatic nitrogens is 2. The normalized spacial score (nSPS) is 11.1. The highest BCUT2D eigenvalue weighted by molar-refractivity contribution is 7.92. The van der Waals surface area contributed by atoms with Crippen LogP contribution in [0.2, 0.25) is 0 Å². The van der Waals surface area contributed by atoms with E-state index in [1.165, 1.54) is 36.2 Å². The van der Waals surface area contributed by atoms with E-state index < -0.39 is 16.0 Å². The zero-order chi connectivity index (χ0) is 15.6. The van der Waals surface area contributed by atoms with Gasteiger partial charge in [-0.05, 0) is 18.2 Å². The minimum Gasteiger partial charge on any atom is -0.495 e. The van der Waals surface area contributed by atoms with Crippen molar-refractivity contribution >= 4 is 21.8 Å². The molecule has 1 aromatic heterocycles. The van der Waals surface area contributed by atoms with Gasteiger partial charge in [-0.1, -0.05) is 0 Å². The number of rotatable bonds is 5. The van der Waals surface area contributed by atoms with Gasteiger partial charge in [0.2, 0.25) is 0 Å². The summed E-state index contributed by atoms with van der Waals surface area (Å²) >= 11 is 0. The van der Waals surface area contributed by atoms with Gasteiger partial charge in [0.1, 0.15) is 16.5 Å². The maximum absolute atomic E-state index is 12.4. The van der Waals surface area contributed by atoms with Crippen LogP contribution < -0.4 is 9.46 Å². The monoisotopic (exact) mass is 311 g/mol. The first-order chi connectivity index (χ1) is 9.85. The summed E-state index contributed by atoms with van der Waals surface area (Å²) in [6.07, 6.45) is 1.43. The van der Waals surface area contributed by atoms with E-state index in [4.69, 9.17) is 9.84 Å². The standard InChI is InChI=1S/C12H13N3O5S/c1-15-11(5-6-13-15)14-21(18,19)10-7-8(12(16)17)3-4-9(10)20-2/h3-7,14H,1-2H3,(H,16,17). The highest BCUT2D eigenvalue weighted by atomic mass is 32.2. The van der Waals surface area contributed by atoms with E-state index in [0.717, 1.165) is 6.07 Å². The van der Waals surface area contributed by atoms with Gasteiger partial charge >= 0.3 is 5.97 Å². The Kier molecular flexibility index (Phi) is 3.85. The Morgan fingerprint density at radius 3 is 2.62 bits per heavy atom. The zero-order valence-electron chi connectivity index (χ0n) is 11.3. The summed E-state index contributed by atoms with van der Waals surface area (Å²) in [5.41, 5.74) is -0.152. The van der Waals surface area contributed by atoms with Crippen molar-refractivity contribution in [1.82, 2.24) is 9.78 Å². The van der Waals surface area contributed by atoms with Gasteiger partial charge in [0.15, 0.2) is 0 Å². The number of ether oxygens (including phenoxy) is 1. The lowest BCUT2D eigenvalue weighted by Gasteiger charge is -2.12.